The highest BCUT2D eigenvalue weighted by Gasteiger charge is 2.18. The molecule has 0 saturated carbocycles. The number of nitrogens with two attached hydrogens (primary N) is 1. The summed E-state index contributed by atoms with van der Waals surface area (Å²) in [4.78, 5) is 14.6. The van der Waals surface area contributed by atoms with Crippen LogP contribution in [0.25, 0.3) is 0 Å². The number of carbonyl (C=O) groups excluding carboxylic acids is 1. The molecule has 0 atom stereocenters. The number of hydrogen-bond acceptors (Lipinski definition) is 2. The third-order valence-corrected chi connectivity index (χ3v) is 3.67. The molecule has 0 aliphatic rings. The second-order valence-corrected chi connectivity index (χ2v) is 4.93. The standard InChI is InChI=1S/C18H22N2O/c1-3-15-7-5-6-8-17(15)18(21)20(4-2)16-11-9-14(13-19)10-12-16/h5-12H,3-4,13,19H2,1-2H3. The second-order valence-electron chi connectivity index (χ2n) is 4.93. The molecule has 0 radical (unpaired) electrons. The lowest BCUT2D eigenvalue weighted by Gasteiger charge is -2.22. The lowest BCUT2D eigenvalue weighted by molar-refractivity contribution is 0.0987. The van der Waals surface area contributed by atoms with Gasteiger partial charge in [0.15, 0.2) is 0 Å². The molecule has 0 saturated heterocycles. The molecular weight excluding hydrogens is 260 g/mol. The zero-order valence-corrected chi connectivity index (χ0v) is 12.7. The minimum atomic E-state index is 0.0513. The highest BCUT2D eigenvalue weighted by Crippen LogP contribution is 2.20. The van der Waals surface area contributed by atoms with Crippen LogP contribution in [-0.2, 0) is 13.0 Å². The molecule has 0 heterocycles. The summed E-state index contributed by atoms with van der Waals surface area (Å²) >= 11 is 0. The molecule has 0 fully saturated rings. The van der Waals surface area contributed by atoms with E-state index in [-0.39, 0.29) is 5.91 Å². The van der Waals surface area contributed by atoms with Crippen LogP contribution < -0.4 is 10.6 Å². The highest BCUT2D eigenvalue weighted by atomic mass is 16.2. The van der Waals surface area contributed by atoms with E-state index in [4.69, 9.17) is 5.73 Å². The van der Waals surface area contributed by atoms with Crippen LogP contribution in [0.15, 0.2) is 48.5 Å². The van der Waals surface area contributed by atoms with Gasteiger partial charge in [0.2, 0.25) is 0 Å². The van der Waals surface area contributed by atoms with E-state index in [1.54, 1.807) is 4.90 Å². The Kier molecular flexibility index (Phi) is 5.12. The zero-order chi connectivity index (χ0) is 15.2. The Morgan fingerprint density at radius 3 is 2.29 bits per heavy atom. The van der Waals surface area contributed by atoms with Crippen LogP contribution >= 0.6 is 0 Å². The van der Waals surface area contributed by atoms with Gasteiger partial charge < -0.3 is 10.6 Å². The van der Waals surface area contributed by atoms with Gasteiger partial charge >= 0.3 is 0 Å². The first-order valence-electron chi connectivity index (χ1n) is 7.40. The molecule has 110 valence electrons. The summed E-state index contributed by atoms with van der Waals surface area (Å²) < 4.78 is 0. The first-order chi connectivity index (χ1) is 10.2. The van der Waals surface area contributed by atoms with Gasteiger partial charge in [0, 0.05) is 24.3 Å². The third kappa shape index (κ3) is 3.31. The van der Waals surface area contributed by atoms with Gasteiger partial charge in [0.05, 0.1) is 0 Å². The zero-order valence-electron chi connectivity index (χ0n) is 12.7. The van der Waals surface area contributed by atoms with E-state index >= 15 is 0 Å². The molecule has 2 aromatic carbocycles. The fourth-order valence-corrected chi connectivity index (χ4v) is 2.44. The molecule has 3 heteroatoms. The summed E-state index contributed by atoms with van der Waals surface area (Å²) in [6.45, 7) is 5.21. The maximum Gasteiger partial charge on any atom is 0.258 e. The van der Waals surface area contributed by atoms with Crippen molar-refractivity contribution in [3.8, 4) is 0 Å². The van der Waals surface area contributed by atoms with Gasteiger partial charge in [-0.15, -0.1) is 0 Å². The maximum absolute atomic E-state index is 12.8. The molecule has 21 heavy (non-hydrogen) atoms. The van der Waals surface area contributed by atoms with Gasteiger partial charge in [0.25, 0.3) is 5.91 Å². The Labute approximate surface area is 126 Å². The SMILES string of the molecule is CCc1ccccc1C(=O)N(CC)c1ccc(CN)cc1. The van der Waals surface area contributed by atoms with Crippen LogP contribution in [0.3, 0.4) is 0 Å². The second kappa shape index (κ2) is 7.04. The minimum Gasteiger partial charge on any atom is -0.326 e. The van der Waals surface area contributed by atoms with Crippen molar-refractivity contribution >= 4 is 11.6 Å². The van der Waals surface area contributed by atoms with Crippen LogP contribution in [0.1, 0.15) is 35.3 Å². The van der Waals surface area contributed by atoms with E-state index in [0.717, 1.165) is 28.8 Å². The normalized spacial score (nSPS) is 10.4. The number of rotatable bonds is 5. The van der Waals surface area contributed by atoms with Crippen LogP contribution in [-0.4, -0.2) is 12.5 Å². The molecule has 1 amide bonds. The third-order valence-electron chi connectivity index (χ3n) is 3.67. The number of aryl methyl sites for hydroxylation is 1. The van der Waals surface area contributed by atoms with Crippen LogP contribution in [0, 0.1) is 0 Å². The van der Waals surface area contributed by atoms with E-state index in [1.165, 1.54) is 0 Å². The summed E-state index contributed by atoms with van der Waals surface area (Å²) in [7, 11) is 0. The van der Waals surface area contributed by atoms with E-state index in [1.807, 2.05) is 55.5 Å². The van der Waals surface area contributed by atoms with Crippen molar-refractivity contribution in [1.82, 2.24) is 0 Å². The van der Waals surface area contributed by atoms with Crippen molar-refractivity contribution < 1.29 is 4.79 Å². The lowest BCUT2D eigenvalue weighted by atomic mass is 10.0. The Morgan fingerprint density at radius 1 is 1.05 bits per heavy atom. The van der Waals surface area contributed by atoms with E-state index in [9.17, 15) is 4.79 Å². The van der Waals surface area contributed by atoms with Crippen molar-refractivity contribution in [2.45, 2.75) is 26.8 Å². The van der Waals surface area contributed by atoms with Gasteiger partial charge in [-0.05, 0) is 42.7 Å². The smallest absolute Gasteiger partial charge is 0.258 e. The topological polar surface area (TPSA) is 46.3 Å². The fourth-order valence-electron chi connectivity index (χ4n) is 2.44. The van der Waals surface area contributed by atoms with Crippen molar-refractivity contribution in [1.29, 1.82) is 0 Å². The summed E-state index contributed by atoms with van der Waals surface area (Å²) in [5.74, 6) is 0.0513. The number of carbonyl (C=O) groups is 1. The van der Waals surface area contributed by atoms with Gasteiger partial charge in [-0.25, -0.2) is 0 Å². The summed E-state index contributed by atoms with van der Waals surface area (Å²) in [5.41, 5.74) is 9.46. The molecule has 0 spiro atoms. The maximum atomic E-state index is 12.8. The molecule has 0 unspecified atom stereocenters. The molecular formula is C18H22N2O. The lowest BCUT2D eigenvalue weighted by Crippen LogP contribution is -2.31. The molecule has 0 bridgehead atoms. The molecule has 2 aromatic rings. The quantitative estimate of drug-likeness (QED) is 0.914. The Bertz CT molecular complexity index is 605. The van der Waals surface area contributed by atoms with E-state index in [2.05, 4.69) is 6.92 Å². The number of nitrogens with zero attached hydrogens (tertiary/aromatic N) is 1. The molecule has 2 N–H and O–H groups in total. The minimum absolute atomic E-state index is 0.0513. The Balaban J connectivity index is 2.33. The highest BCUT2D eigenvalue weighted by molar-refractivity contribution is 6.07. The van der Waals surface area contributed by atoms with Crippen LogP contribution in [0.5, 0.6) is 0 Å². The molecule has 3 nitrogen and oxygen atoms in total. The van der Waals surface area contributed by atoms with Crippen molar-refractivity contribution in [3.05, 3.63) is 65.2 Å². The Morgan fingerprint density at radius 2 is 1.71 bits per heavy atom. The molecule has 0 aromatic heterocycles. The Hall–Kier alpha value is -2.13. The molecule has 0 aliphatic carbocycles. The number of anilines is 1. The predicted octanol–water partition coefficient (Wildman–Crippen LogP) is 3.37. The van der Waals surface area contributed by atoms with Crippen molar-refractivity contribution in [2.24, 2.45) is 5.73 Å². The molecule has 0 aliphatic heterocycles. The van der Waals surface area contributed by atoms with Gasteiger partial charge in [-0.2, -0.15) is 0 Å². The molecule has 2 rings (SSSR count). The van der Waals surface area contributed by atoms with Gasteiger partial charge in [-0.1, -0.05) is 37.3 Å². The summed E-state index contributed by atoms with van der Waals surface area (Å²) in [5, 5.41) is 0. The van der Waals surface area contributed by atoms with Crippen molar-refractivity contribution in [3.63, 3.8) is 0 Å². The number of amides is 1. The first kappa shape index (κ1) is 15.3. The fraction of sp³-hybridized carbons (Fsp3) is 0.278. The number of hydrogen-bond donors (Lipinski definition) is 1. The van der Waals surface area contributed by atoms with E-state index in [0.29, 0.717) is 13.1 Å². The van der Waals surface area contributed by atoms with Crippen molar-refractivity contribution in [2.75, 3.05) is 11.4 Å². The first-order valence-corrected chi connectivity index (χ1v) is 7.40. The van der Waals surface area contributed by atoms with Crippen LogP contribution in [0.4, 0.5) is 5.69 Å². The van der Waals surface area contributed by atoms with Gasteiger partial charge in [0.1, 0.15) is 0 Å². The van der Waals surface area contributed by atoms with E-state index < -0.39 is 0 Å². The number of benzene rings is 2. The average Bonchev–Trinajstić information content (AvgIpc) is 2.56. The summed E-state index contributed by atoms with van der Waals surface area (Å²) in [6.07, 6.45) is 0.853. The largest absolute Gasteiger partial charge is 0.326 e. The van der Waals surface area contributed by atoms with Gasteiger partial charge in [-0.3, -0.25) is 4.79 Å². The monoisotopic (exact) mass is 282 g/mol. The predicted molar refractivity (Wildman–Crippen MR) is 87.5 cm³/mol. The average molecular weight is 282 g/mol. The van der Waals surface area contributed by atoms with Crippen LogP contribution in [0.2, 0.25) is 0 Å². The summed E-state index contributed by atoms with van der Waals surface area (Å²) in [6, 6.07) is 15.7.